The van der Waals surface area contributed by atoms with Crippen LogP contribution in [0.1, 0.15) is 48.4 Å². The van der Waals surface area contributed by atoms with Crippen molar-refractivity contribution in [1.82, 2.24) is 18.6 Å². The first kappa shape index (κ1) is 37.0. The number of hydrogen-bond donors (Lipinski definition) is 0. The molecule has 0 amide bonds. The summed E-state index contributed by atoms with van der Waals surface area (Å²) in [7, 11) is 0. The molecule has 0 fully saturated rings. The Hall–Kier alpha value is -9.03. The molecule has 0 radical (unpaired) electrons. The van der Waals surface area contributed by atoms with Crippen LogP contribution in [0.3, 0.4) is 0 Å². The Morgan fingerprint density at radius 2 is 1.27 bits per heavy atom. The minimum atomic E-state index is -2.81. The predicted octanol–water partition coefficient (Wildman–Crippen LogP) is 17.3. The Labute approximate surface area is 496 Å². The summed E-state index contributed by atoms with van der Waals surface area (Å²) in [4.78, 5) is 6.95. The van der Waals surface area contributed by atoms with Crippen molar-refractivity contribution < 1.29 is 41.9 Å². The third-order valence-electron chi connectivity index (χ3n) is 14.6. The van der Waals surface area contributed by atoms with Crippen molar-refractivity contribution in [2.75, 3.05) is 4.81 Å². The van der Waals surface area contributed by atoms with Crippen molar-refractivity contribution in [3.05, 3.63) is 269 Å². The number of para-hydroxylation sites is 3. The molecule has 1 aliphatic rings. The molecule has 4 heterocycles. The maximum atomic E-state index is 9.57. The normalized spacial score (nSPS) is 15.0. The number of rotatable bonds is 12. The van der Waals surface area contributed by atoms with Crippen LogP contribution in [0.4, 0.5) is 11.5 Å². The molecule has 0 saturated heterocycles. The molecule has 8 heteroatoms. The second-order valence-corrected chi connectivity index (χ2v) is 21.0. The van der Waals surface area contributed by atoms with Crippen LogP contribution >= 0.6 is 0 Å². The fourth-order valence-electron chi connectivity index (χ4n) is 11.3. The van der Waals surface area contributed by atoms with Gasteiger partial charge in [0.05, 0.1) is 6.85 Å². The Kier molecular flexibility index (Phi) is 9.39. The number of pyridine rings is 1. The summed E-state index contributed by atoms with van der Waals surface area (Å²) in [6.07, 6.45) is -1.81. The van der Waals surface area contributed by atoms with Gasteiger partial charge >= 0.3 is 409 Å². The molecule has 14 rings (SSSR count). The molecule has 0 aliphatic carbocycles. The smallest absolute Gasteiger partial charge is 0.174 e. The van der Waals surface area contributed by atoms with Gasteiger partial charge in [-0.1, -0.05) is 48.4 Å². The number of hydrogen-bond acceptors (Lipinski definition) is 3. The second-order valence-electron chi connectivity index (χ2n) is 20.0. The van der Waals surface area contributed by atoms with Gasteiger partial charge in [0.2, 0.25) is 0 Å². The summed E-state index contributed by atoms with van der Waals surface area (Å²) in [5.41, 5.74) is 10.4. The topological polar surface area (TPSA) is 40.1 Å². The molecule has 0 atom stereocenters. The van der Waals surface area contributed by atoms with E-state index in [1.54, 1.807) is 71.5 Å². The van der Waals surface area contributed by atoms with Gasteiger partial charge in [0.25, 0.3) is 0 Å². The van der Waals surface area contributed by atoms with Crippen LogP contribution in [0.25, 0.3) is 88.7 Å². The molecule has 0 saturated carbocycles. The molecule has 6 nitrogen and oxygen atoms in total. The van der Waals surface area contributed by atoms with Crippen LogP contribution in [0.5, 0.6) is 11.6 Å². The SMILES string of the molecule is [2H]c1c([2H])c([2H])c(B2N(c3cc(C([2H])([2H])[2H])c(-c4ccccc4)c(Oc4[c-]c(-n5[c](=[Pt])n(-c6c(-c7ccc(-c8ccccc8)cc7)cc(C([2H])([2H])C(C)C)cc6-c6ccc(C([2H])([2H])[2H])cc6)c6ccccc65)ccc4)n3)c3[c-]ccc4c5ccccc5n2c34)c([2H])c1[2H]. The zero-order valence-corrected chi connectivity index (χ0v) is 45.5. The van der Waals surface area contributed by atoms with Gasteiger partial charge in [-0.15, -0.1) is 5.39 Å². The van der Waals surface area contributed by atoms with E-state index in [-0.39, 0.29) is 39.6 Å². The van der Waals surface area contributed by atoms with E-state index in [0.717, 1.165) is 38.5 Å². The summed E-state index contributed by atoms with van der Waals surface area (Å²) in [5.74, 6) is -0.364. The van der Waals surface area contributed by atoms with Gasteiger partial charge in [0.15, 0.2) is 0 Å². The summed E-state index contributed by atoms with van der Waals surface area (Å²) < 4.78 is 130. The molecule has 0 N–H and O–H groups in total. The summed E-state index contributed by atoms with van der Waals surface area (Å²) in [6, 6.07) is 68.1. The van der Waals surface area contributed by atoms with Gasteiger partial charge in [-0.25, -0.2) is 0 Å². The molecule has 1 aliphatic heterocycles. The van der Waals surface area contributed by atoms with Crippen molar-refractivity contribution in [2.24, 2.45) is 5.92 Å². The molecule has 10 aromatic carbocycles. The van der Waals surface area contributed by atoms with Crippen LogP contribution in [0.15, 0.2) is 236 Å². The van der Waals surface area contributed by atoms with Crippen LogP contribution in [-0.4, -0.2) is 25.6 Å². The number of benzene rings is 10. The third kappa shape index (κ3) is 8.56. The maximum absolute atomic E-state index is 9.57. The van der Waals surface area contributed by atoms with E-state index in [4.69, 9.17) is 17.9 Å². The van der Waals surface area contributed by atoms with E-state index in [0.29, 0.717) is 59.7 Å². The quantitative estimate of drug-likeness (QED) is 0.0904. The first-order valence-corrected chi connectivity index (χ1v) is 27.4. The average Bonchev–Trinajstić information content (AvgIpc) is 1.55. The fraction of sp³-hybridized carbons (Fsp3) is 0.0833. The molecule has 13 aromatic rings. The molecule has 388 valence electrons. The van der Waals surface area contributed by atoms with Crippen LogP contribution in [-0.2, 0) is 25.7 Å². The van der Waals surface area contributed by atoms with Crippen LogP contribution in [0, 0.1) is 35.6 Å². The van der Waals surface area contributed by atoms with Gasteiger partial charge in [-0.05, 0) is 11.5 Å². The molecule has 3 aromatic heterocycles. The number of aromatic nitrogens is 4. The van der Waals surface area contributed by atoms with Gasteiger partial charge in [-0.3, -0.25) is 0 Å². The van der Waals surface area contributed by atoms with Crippen molar-refractivity contribution in [3.8, 4) is 67.5 Å². The predicted molar refractivity (Wildman–Crippen MR) is 326 cm³/mol. The zero-order chi connectivity index (χ0) is 65.2. The van der Waals surface area contributed by atoms with E-state index in [1.165, 1.54) is 6.07 Å². The van der Waals surface area contributed by atoms with E-state index in [9.17, 15) is 9.60 Å². The van der Waals surface area contributed by atoms with Gasteiger partial charge in [0, 0.05) is 5.52 Å². The van der Waals surface area contributed by atoms with E-state index in [2.05, 4.69) is 48.2 Å². The minimum Gasteiger partial charge on any atom is -0.174 e. The van der Waals surface area contributed by atoms with Crippen molar-refractivity contribution >= 4 is 56.8 Å². The summed E-state index contributed by atoms with van der Waals surface area (Å²) in [6.45, 7) is -2.68. The van der Waals surface area contributed by atoms with E-state index >= 15 is 0 Å². The molecule has 0 unspecified atom stereocenters. The van der Waals surface area contributed by atoms with Crippen LogP contribution < -0.4 is 15.0 Å². The first-order chi connectivity index (χ1) is 44.5. The fourth-order valence-corrected chi connectivity index (χ4v) is 12.3. The Morgan fingerprint density at radius 3 is 1.98 bits per heavy atom. The van der Waals surface area contributed by atoms with Crippen molar-refractivity contribution in [2.45, 2.75) is 33.9 Å². The molecular formula is C72H54BN5OPt-2. The van der Waals surface area contributed by atoms with Gasteiger partial charge < -0.3 is 0 Å². The minimum absolute atomic E-state index is 0.0363. The van der Waals surface area contributed by atoms with Crippen LogP contribution in [0.2, 0.25) is 0 Å². The number of ether oxygens (including phenoxy) is 1. The molecule has 0 spiro atoms. The second kappa shape index (κ2) is 20.3. The molecular weight excluding hydrogens is 1160 g/mol. The summed E-state index contributed by atoms with van der Waals surface area (Å²) in [5, 5.41) is 1.65. The standard InChI is InChI=1S/C72H54BN5O.Pt/c1-48(2)42-51-44-62(54-36-34-49(3)35-37-54)70(63(45-51)55-40-38-53(39-41-55)52-20-8-5-9-21-52)76-47-75(65-31-16-17-32-66(65)76)58-26-18-27-59(46-58)79-72-69(56-22-10-6-11-23-56)50(4)43-68(74-72)77-67-33-19-29-61-60-28-14-15-30-64(60)78(71(61)67)73(77)57-24-12-7-13-25-57;/h5-32,34-41,43-45,48H,42H2,1-4H3;/q-2;/i3D3,4D3,7D,12D,13D,24D,25D,42D2;. The third-order valence-corrected chi connectivity index (χ3v) is 15.6. The van der Waals surface area contributed by atoms with Gasteiger partial charge in [-0.2, -0.15) is 12.1 Å². The van der Waals surface area contributed by atoms with Gasteiger partial charge in [0.1, 0.15) is 0 Å². The molecule has 80 heavy (non-hydrogen) atoms. The average molecular weight is 1220 g/mol. The zero-order valence-electron chi connectivity index (χ0n) is 56.2. The summed E-state index contributed by atoms with van der Waals surface area (Å²) >= 11 is 2.29. The first-order valence-electron chi connectivity index (χ1n) is 32.8. The van der Waals surface area contributed by atoms with Crippen molar-refractivity contribution in [1.29, 1.82) is 0 Å². The number of imidazole rings is 1. The van der Waals surface area contributed by atoms with E-state index < -0.39 is 63.2 Å². The monoisotopic (exact) mass is 1220 g/mol. The van der Waals surface area contributed by atoms with Crippen molar-refractivity contribution in [3.63, 3.8) is 0 Å². The number of anilines is 2. The number of aryl methyl sites for hydroxylation is 2. The van der Waals surface area contributed by atoms with E-state index in [1.807, 2.05) is 144 Å². The Bertz CT molecular complexity index is 5180. The molecule has 0 bridgehead atoms. The Morgan fingerprint density at radius 1 is 0.637 bits per heavy atom. The Balaban J connectivity index is 0.982. The number of nitrogens with zero attached hydrogens (tertiary/aromatic N) is 5. The number of fused-ring (bicyclic) bond motifs is 4.